The van der Waals surface area contributed by atoms with Gasteiger partial charge in [-0.1, -0.05) is 29.3 Å². The fourth-order valence-electron chi connectivity index (χ4n) is 1.52. The Morgan fingerprint density at radius 1 is 1.33 bits per heavy atom. The summed E-state index contributed by atoms with van der Waals surface area (Å²) >= 11 is 12.8. The maximum absolute atomic E-state index is 11.9. The Morgan fingerprint density at radius 2 is 2.10 bits per heavy atom. The van der Waals surface area contributed by atoms with Crippen molar-refractivity contribution < 1.29 is 9.72 Å². The van der Waals surface area contributed by atoms with Crippen LogP contribution in [0.3, 0.4) is 0 Å². The number of thiophene rings is 1. The van der Waals surface area contributed by atoms with E-state index in [0.717, 1.165) is 11.3 Å². The fourth-order valence-corrected chi connectivity index (χ4v) is 2.99. The number of nitrogens with one attached hydrogen (secondary N) is 1. The lowest BCUT2D eigenvalue weighted by atomic mass is 10.2. The Bertz CT molecular complexity index is 728. The van der Waals surface area contributed by atoms with Gasteiger partial charge in [0.25, 0.3) is 5.69 Å². The van der Waals surface area contributed by atoms with Crippen LogP contribution in [0.2, 0.25) is 8.67 Å². The lowest BCUT2D eigenvalue weighted by Gasteiger charge is -1.99. The highest BCUT2D eigenvalue weighted by Gasteiger charge is 2.11. The van der Waals surface area contributed by atoms with E-state index in [-0.39, 0.29) is 11.5 Å². The third kappa shape index (κ3) is 4.04. The number of anilines is 1. The van der Waals surface area contributed by atoms with Crippen molar-refractivity contribution in [2.24, 2.45) is 0 Å². The first-order valence-corrected chi connectivity index (χ1v) is 7.21. The zero-order chi connectivity index (χ0) is 15.4. The second kappa shape index (κ2) is 6.71. The molecule has 0 aliphatic carbocycles. The van der Waals surface area contributed by atoms with E-state index in [2.05, 4.69) is 5.32 Å². The molecule has 0 radical (unpaired) electrons. The second-order valence-corrected chi connectivity index (χ2v) is 6.17. The molecule has 0 unspecified atom stereocenters. The first kappa shape index (κ1) is 15.5. The van der Waals surface area contributed by atoms with Gasteiger partial charge >= 0.3 is 0 Å². The molecule has 2 rings (SSSR count). The molecule has 0 atom stereocenters. The van der Waals surface area contributed by atoms with Crippen molar-refractivity contribution in [1.29, 1.82) is 0 Å². The minimum Gasteiger partial charge on any atom is -0.361 e. The van der Waals surface area contributed by atoms with E-state index in [4.69, 9.17) is 23.2 Å². The molecule has 0 saturated heterocycles. The third-order valence-corrected chi connectivity index (χ3v) is 3.95. The zero-order valence-electron chi connectivity index (χ0n) is 10.4. The number of non-ortho nitro benzene ring substituents is 1. The Morgan fingerprint density at radius 3 is 2.71 bits per heavy atom. The number of hydrogen-bond acceptors (Lipinski definition) is 5. The standard InChI is InChI=1S/C13H8Cl2N2O3S/c14-12-7-10(13(15)21-12)11(18)4-5-16-8-2-1-3-9(6-8)17(19)20/h1-7,16H/b5-4+. The number of carbonyl (C=O) groups excluding carboxylic acids is 1. The maximum Gasteiger partial charge on any atom is 0.271 e. The van der Waals surface area contributed by atoms with E-state index < -0.39 is 4.92 Å². The first-order chi connectivity index (χ1) is 9.97. The summed E-state index contributed by atoms with van der Waals surface area (Å²) in [4.78, 5) is 22.0. The number of halogens is 2. The van der Waals surface area contributed by atoms with Crippen LogP contribution in [0, 0.1) is 10.1 Å². The quantitative estimate of drug-likeness (QED) is 0.367. The van der Waals surface area contributed by atoms with E-state index in [1.165, 1.54) is 30.5 Å². The molecule has 0 spiro atoms. The predicted molar refractivity (Wildman–Crippen MR) is 84.5 cm³/mol. The molecular formula is C13H8Cl2N2O3S. The third-order valence-electron chi connectivity index (χ3n) is 2.46. The molecule has 0 saturated carbocycles. The summed E-state index contributed by atoms with van der Waals surface area (Å²) < 4.78 is 0.758. The number of nitro groups is 1. The highest BCUT2D eigenvalue weighted by atomic mass is 35.5. The largest absolute Gasteiger partial charge is 0.361 e. The summed E-state index contributed by atoms with van der Waals surface area (Å²) in [5, 5.41) is 13.4. The molecule has 5 nitrogen and oxygen atoms in total. The average molecular weight is 343 g/mol. The van der Waals surface area contributed by atoms with Gasteiger partial charge in [-0.25, -0.2) is 0 Å². The molecule has 108 valence electrons. The van der Waals surface area contributed by atoms with E-state index in [1.807, 2.05) is 0 Å². The Kier molecular flexibility index (Phi) is 4.95. The van der Waals surface area contributed by atoms with E-state index in [0.29, 0.717) is 19.9 Å². The summed E-state index contributed by atoms with van der Waals surface area (Å²) in [6.07, 6.45) is 2.67. The van der Waals surface area contributed by atoms with E-state index in [9.17, 15) is 14.9 Å². The van der Waals surface area contributed by atoms with Crippen LogP contribution >= 0.6 is 34.5 Å². The summed E-state index contributed by atoms with van der Waals surface area (Å²) in [6, 6.07) is 7.44. The first-order valence-electron chi connectivity index (χ1n) is 5.64. The van der Waals surface area contributed by atoms with Crippen molar-refractivity contribution in [2.75, 3.05) is 5.32 Å². The monoisotopic (exact) mass is 342 g/mol. The summed E-state index contributed by atoms with van der Waals surface area (Å²) in [7, 11) is 0. The molecule has 0 bridgehead atoms. The number of benzene rings is 1. The number of hydrogen-bond donors (Lipinski definition) is 1. The average Bonchev–Trinajstić information content (AvgIpc) is 2.78. The molecule has 2 aromatic rings. The molecular weight excluding hydrogens is 335 g/mol. The van der Waals surface area contributed by atoms with Gasteiger partial charge in [-0.05, 0) is 12.1 Å². The molecule has 0 aliphatic heterocycles. The highest BCUT2D eigenvalue weighted by molar-refractivity contribution is 7.20. The predicted octanol–water partition coefficient (Wildman–Crippen LogP) is 4.77. The molecule has 8 heteroatoms. The number of ketones is 1. The SMILES string of the molecule is O=C(/C=C/Nc1cccc([N+](=O)[O-])c1)c1cc(Cl)sc1Cl. The summed E-state index contributed by atoms with van der Waals surface area (Å²) in [6.45, 7) is 0. The maximum atomic E-state index is 11.9. The van der Waals surface area contributed by atoms with Gasteiger partial charge in [0, 0.05) is 30.1 Å². The summed E-state index contributed by atoms with van der Waals surface area (Å²) in [5.74, 6) is -0.305. The van der Waals surface area contributed by atoms with Crippen LogP contribution in [0.5, 0.6) is 0 Å². The van der Waals surface area contributed by atoms with Crippen LogP contribution in [0.25, 0.3) is 0 Å². The smallest absolute Gasteiger partial charge is 0.271 e. The zero-order valence-corrected chi connectivity index (χ0v) is 12.7. The highest BCUT2D eigenvalue weighted by Crippen LogP contribution is 2.31. The van der Waals surface area contributed by atoms with Crippen molar-refractivity contribution in [3.05, 3.63) is 67.0 Å². The van der Waals surface area contributed by atoms with Gasteiger partial charge in [0.05, 0.1) is 14.8 Å². The van der Waals surface area contributed by atoms with Gasteiger partial charge in [0.1, 0.15) is 4.34 Å². The van der Waals surface area contributed by atoms with Gasteiger partial charge in [-0.2, -0.15) is 0 Å². The van der Waals surface area contributed by atoms with Gasteiger partial charge in [0.15, 0.2) is 5.78 Å². The second-order valence-electron chi connectivity index (χ2n) is 3.89. The van der Waals surface area contributed by atoms with Gasteiger partial charge < -0.3 is 5.32 Å². The normalized spacial score (nSPS) is 10.8. The molecule has 21 heavy (non-hydrogen) atoms. The Labute approximate surface area is 134 Å². The van der Waals surface area contributed by atoms with E-state index in [1.54, 1.807) is 12.1 Å². The van der Waals surface area contributed by atoms with Crippen molar-refractivity contribution in [2.45, 2.75) is 0 Å². The molecule has 1 heterocycles. The van der Waals surface area contributed by atoms with Crippen molar-refractivity contribution in [3.63, 3.8) is 0 Å². The number of nitro benzene ring substituents is 1. The molecule has 1 aromatic heterocycles. The molecule has 0 fully saturated rings. The van der Waals surface area contributed by atoms with Crippen molar-refractivity contribution in [1.82, 2.24) is 0 Å². The Hall–Kier alpha value is -1.89. The number of carbonyl (C=O) groups is 1. The lowest BCUT2D eigenvalue weighted by molar-refractivity contribution is -0.384. The minimum absolute atomic E-state index is 0.0348. The number of allylic oxidation sites excluding steroid dienone is 1. The molecule has 1 N–H and O–H groups in total. The van der Waals surface area contributed by atoms with Gasteiger partial charge in [-0.3, -0.25) is 14.9 Å². The van der Waals surface area contributed by atoms with Crippen molar-refractivity contribution in [3.8, 4) is 0 Å². The van der Waals surface area contributed by atoms with Crippen LogP contribution in [-0.2, 0) is 0 Å². The van der Waals surface area contributed by atoms with Gasteiger partial charge in [-0.15, -0.1) is 11.3 Å². The fraction of sp³-hybridized carbons (Fsp3) is 0. The van der Waals surface area contributed by atoms with Gasteiger partial charge in [0.2, 0.25) is 0 Å². The number of nitrogens with zero attached hydrogens (tertiary/aromatic N) is 1. The minimum atomic E-state index is -0.493. The van der Waals surface area contributed by atoms with Crippen LogP contribution < -0.4 is 5.32 Å². The topological polar surface area (TPSA) is 72.2 Å². The van der Waals surface area contributed by atoms with Crippen LogP contribution in [-0.4, -0.2) is 10.7 Å². The van der Waals surface area contributed by atoms with Crippen LogP contribution in [0.4, 0.5) is 11.4 Å². The molecule has 0 aliphatic rings. The van der Waals surface area contributed by atoms with Crippen LogP contribution in [0.1, 0.15) is 10.4 Å². The Balaban J connectivity index is 2.05. The summed E-state index contributed by atoms with van der Waals surface area (Å²) in [5.41, 5.74) is 0.791. The molecule has 0 amide bonds. The van der Waals surface area contributed by atoms with E-state index >= 15 is 0 Å². The van der Waals surface area contributed by atoms with Crippen LogP contribution in [0.15, 0.2) is 42.6 Å². The lowest BCUT2D eigenvalue weighted by Crippen LogP contribution is -1.95. The molecule has 1 aromatic carbocycles. The van der Waals surface area contributed by atoms with Crippen molar-refractivity contribution >= 4 is 51.7 Å². The number of rotatable bonds is 5.